The molecule has 0 unspecified atom stereocenters. The van der Waals surface area contributed by atoms with E-state index in [-0.39, 0.29) is 5.91 Å². The summed E-state index contributed by atoms with van der Waals surface area (Å²) in [5.74, 6) is -0.919. The van der Waals surface area contributed by atoms with Crippen molar-refractivity contribution < 1.29 is 19.0 Å². The van der Waals surface area contributed by atoms with Gasteiger partial charge in [0.05, 0.1) is 37.6 Å². The molecule has 0 bridgehead atoms. The Labute approximate surface area is 151 Å². The number of fused-ring (bicyclic) bond motifs is 2. The molecule has 0 saturated carbocycles. The zero-order chi connectivity index (χ0) is 17.4. The van der Waals surface area contributed by atoms with Crippen molar-refractivity contribution in [2.75, 3.05) is 25.2 Å². The minimum atomic E-state index is -1.39. The van der Waals surface area contributed by atoms with E-state index in [0.29, 0.717) is 36.0 Å². The third-order valence-corrected chi connectivity index (χ3v) is 4.86. The number of carbonyl (C=O) groups is 1. The van der Waals surface area contributed by atoms with E-state index in [0.717, 1.165) is 17.7 Å². The molecule has 1 fully saturated rings. The zero-order valence-corrected chi connectivity index (χ0v) is 14.6. The molecule has 6 heteroatoms. The first-order chi connectivity index (χ1) is 12.2. The second-order valence-electron chi connectivity index (χ2n) is 6.01. The molecule has 4 rings (SSSR count). The highest BCUT2D eigenvalue weighted by atomic mass is 35.5. The van der Waals surface area contributed by atoms with Crippen LogP contribution in [0.4, 0.5) is 5.69 Å². The molecular formula is C19H18ClNO4. The number of hydrogen-bond donors (Lipinski definition) is 0. The maximum atomic E-state index is 13.3. The van der Waals surface area contributed by atoms with Crippen molar-refractivity contribution in [3.63, 3.8) is 0 Å². The summed E-state index contributed by atoms with van der Waals surface area (Å²) >= 11 is 6.44. The Bertz CT molecular complexity index is 817. The summed E-state index contributed by atoms with van der Waals surface area (Å²) in [6.45, 7) is 1.27. The summed E-state index contributed by atoms with van der Waals surface area (Å²) in [6.07, 6.45) is 0.761. The van der Waals surface area contributed by atoms with Crippen LogP contribution in [0, 0.1) is 0 Å². The smallest absolute Gasteiger partial charge is 0.292 e. The number of halogens is 1. The van der Waals surface area contributed by atoms with Gasteiger partial charge < -0.3 is 19.1 Å². The first kappa shape index (κ1) is 16.4. The molecular weight excluding hydrogens is 342 g/mol. The topological polar surface area (TPSA) is 48.0 Å². The van der Waals surface area contributed by atoms with E-state index in [1.54, 1.807) is 18.1 Å². The number of hydrogen-bond acceptors (Lipinski definition) is 4. The molecule has 2 aliphatic rings. The van der Waals surface area contributed by atoms with Gasteiger partial charge in [0.15, 0.2) is 0 Å². The Morgan fingerprint density at radius 1 is 1.16 bits per heavy atom. The lowest BCUT2D eigenvalue weighted by molar-refractivity contribution is -0.256. The quantitative estimate of drug-likeness (QED) is 0.841. The summed E-state index contributed by atoms with van der Waals surface area (Å²) < 4.78 is 17.1. The number of rotatable bonds is 3. The van der Waals surface area contributed by atoms with Crippen molar-refractivity contribution >= 4 is 23.2 Å². The molecule has 0 atom stereocenters. The van der Waals surface area contributed by atoms with Crippen LogP contribution in [0.2, 0.25) is 5.02 Å². The Morgan fingerprint density at radius 2 is 1.92 bits per heavy atom. The summed E-state index contributed by atoms with van der Waals surface area (Å²) in [5.41, 5.74) is 2.19. The lowest BCUT2D eigenvalue weighted by Gasteiger charge is -2.32. The molecule has 0 radical (unpaired) electrons. The number of para-hydroxylation sites is 2. The van der Waals surface area contributed by atoms with E-state index < -0.39 is 5.79 Å². The van der Waals surface area contributed by atoms with Gasteiger partial charge in [-0.15, -0.1) is 0 Å². The van der Waals surface area contributed by atoms with Crippen molar-refractivity contribution in [2.45, 2.75) is 18.8 Å². The number of methoxy groups -OCH3 is 1. The average Bonchev–Trinajstić information content (AvgIpc) is 2.87. The predicted octanol–water partition coefficient (Wildman–Crippen LogP) is 3.49. The minimum absolute atomic E-state index is 0.249. The first-order valence-electron chi connectivity index (χ1n) is 8.18. The van der Waals surface area contributed by atoms with E-state index in [1.165, 1.54) is 0 Å². The summed E-state index contributed by atoms with van der Waals surface area (Å²) in [4.78, 5) is 14.9. The largest absolute Gasteiger partial charge is 0.496 e. The number of carbonyl (C=O) groups excluding carboxylic acids is 1. The van der Waals surface area contributed by atoms with Crippen LogP contribution in [0.5, 0.6) is 5.75 Å². The maximum Gasteiger partial charge on any atom is 0.292 e. The van der Waals surface area contributed by atoms with Crippen molar-refractivity contribution in [1.29, 1.82) is 0 Å². The Balaban J connectivity index is 1.80. The van der Waals surface area contributed by atoms with Crippen molar-refractivity contribution in [3.05, 3.63) is 58.6 Å². The molecule has 2 aromatic rings. The van der Waals surface area contributed by atoms with Crippen molar-refractivity contribution in [2.24, 2.45) is 0 Å². The normalized spacial score (nSPS) is 18.5. The second kappa shape index (κ2) is 6.33. The van der Waals surface area contributed by atoms with Crippen LogP contribution in [-0.2, 0) is 26.6 Å². The van der Waals surface area contributed by atoms with Crippen LogP contribution in [-0.4, -0.2) is 26.2 Å². The lowest BCUT2D eigenvalue weighted by atomic mass is 10.1. The molecule has 2 aromatic carbocycles. The van der Waals surface area contributed by atoms with Gasteiger partial charge in [-0.25, -0.2) is 0 Å². The maximum absolute atomic E-state index is 13.3. The molecule has 1 spiro atoms. The highest BCUT2D eigenvalue weighted by Crippen LogP contribution is 2.49. The van der Waals surface area contributed by atoms with Gasteiger partial charge in [-0.3, -0.25) is 4.79 Å². The summed E-state index contributed by atoms with van der Waals surface area (Å²) in [5, 5.41) is 0.496. The third kappa shape index (κ3) is 2.51. The molecule has 5 nitrogen and oxygen atoms in total. The molecule has 0 aromatic heterocycles. The number of ether oxygens (including phenoxy) is 3. The highest BCUT2D eigenvalue weighted by molar-refractivity contribution is 6.35. The van der Waals surface area contributed by atoms with Crippen LogP contribution in [0.3, 0.4) is 0 Å². The van der Waals surface area contributed by atoms with Gasteiger partial charge >= 0.3 is 0 Å². The monoisotopic (exact) mass is 359 g/mol. The van der Waals surface area contributed by atoms with Gasteiger partial charge in [-0.05, 0) is 18.6 Å². The van der Waals surface area contributed by atoms with Gasteiger partial charge in [-0.1, -0.05) is 41.9 Å². The van der Waals surface area contributed by atoms with Crippen LogP contribution in [0.15, 0.2) is 42.5 Å². The van der Waals surface area contributed by atoms with Crippen molar-refractivity contribution in [3.8, 4) is 5.75 Å². The fraction of sp³-hybridized carbons (Fsp3) is 0.316. The van der Waals surface area contributed by atoms with Crippen LogP contribution in [0.25, 0.3) is 0 Å². The Morgan fingerprint density at radius 3 is 2.68 bits per heavy atom. The molecule has 1 saturated heterocycles. The number of nitrogens with zero attached hydrogens (tertiary/aromatic N) is 1. The van der Waals surface area contributed by atoms with Gasteiger partial charge in [0.1, 0.15) is 5.75 Å². The highest BCUT2D eigenvalue weighted by Gasteiger charge is 2.55. The second-order valence-corrected chi connectivity index (χ2v) is 6.41. The van der Waals surface area contributed by atoms with Gasteiger partial charge in [0, 0.05) is 11.1 Å². The standard InChI is InChI=1S/C19H18ClNO4/c1-23-16-9-3-2-6-13(16)12-21-17-14(7-4-8-15(17)20)19(18(21)22)24-10-5-11-25-19/h2-4,6-9H,5,10-12H2,1H3. The van der Waals surface area contributed by atoms with Gasteiger partial charge in [-0.2, -0.15) is 0 Å². The Kier molecular flexibility index (Phi) is 4.15. The fourth-order valence-corrected chi connectivity index (χ4v) is 3.69. The van der Waals surface area contributed by atoms with Gasteiger partial charge in [0.2, 0.25) is 0 Å². The van der Waals surface area contributed by atoms with Gasteiger partial charge in [0.25, 0.3) is 11.7 Å². The number of amides is 1. The first-order valence-corrected chi connectivity index (χ1v) is 8.56. The zero-order valence-electron chi connectivity index (χ0n) is 13.8. The molecule has 0 N–H and O–H groups in total. The molecule has 2 heterocycles. The van der Waals surface area contributed by atoms with E-state index in [1.807, 2.05) is 36.4 Å². The fourth-order valence-electron chi connectivity index (χ4n) is 3.42. The van der Waals surface area contributed by atoms with Crippen molar-refractivity contribution in [1.82, 2.24) is 0 Å². The molecule has 130 valence electrons. The van der Waals surface area contributed by atoms with E-state index >= 15 is 0 Å². The van der Waals surface area contributed by atoms with E-state index in [9.17, 15) is 4.79 Å². The Hall–Kier alpha value is -2.08. The molecule has 1 amide bonds. The van der Waals surface area contributed by atoms with Crippen LogP contribution >= 0.6 is 11.6 Å². The molecule has 0 aliphatic carbocycles. The molecule has 2 aliphatic heterocycles. The summed E-state index contributed by atoms with van der Waals surface area (Å²) in [6, 6.07) is 13.0. The van der Waals surface area contributed by atoms with E-state index in [4.69, 9.17) is 25.8 Å². The third-order valence-electron chi connectivity index (χ3n) is 4.56. The predicted molar refractivity (Wildman–Crippen MR) is 93.8 cm³/mol. The lowest BCUT2D eigenvalue weighted by Crippen LogP contribution is -2.47. The van der Waals surface area contributed by atoms with Crippen LogP contribution in [0.1, 0.15) is 17.5 Å². The summed E-state index contributed by atoms with van der Waals surface area (Å²) in [7, 11) is 1.61. The minimum Gasteiger partial charge on any atom is -0.496 e. The number of anilines is 1. The SMILES string of the molecule is COc1ccccc1CN1C(=O)C2(OCCCO2)c2cccc(Cl)c21. The average molecular weight is 360 g/mol. The molecule has 25 heavy (non-hydrogen) atoms. The number of benzene rings is 2. The van der Waals surface area contributed by atoms with Crippen LogP contribution < -0.4 is 9.64 Å². The van der Waals surface area contributed by atoms with E-state index in [2.05, 4.69) is 0 Å².